The monoisotopic (exact) mass is 231 g/mol. The van der Waals surface area contributed by atoms with E-state index in [2.05, 4.69) is 34.6 Å². The van der Waals surface area contributed by atoms with Gasteiger partial charge in [-0.25, -0.2) is 0 Å². The van der Waals surface area contributed by atoms with Crippen molar-refractivity contribution in [2.45, 2.75) is 26.3 Å². The van der Waals surface area contributed by atoms with Gasteiger partial charge in [-0.05, 0) is 19.0 Å². The highest BCUT2D eigenvalue weighted by atomic mass is 16.4. The molecule has 0 bridgehead atoms. The molecule has 0 saturated carbocycles. The second kappa shape index (κ2) is 5.59. The third-order valence-corrected chi connectivity index (χ3v) is 2.56. The van der Waals surface area contributed by atoms with Crippen LogP contribution in [0.2, 0.25) is 0 Å². The predicted molar refractivity (Wildman–Crippen MR) is 65.6 cm³/mol. The fraction of sp³-hybridized carbons (Fsp3) is 0.385. The Morgan fingerprint density at radius 1 is 1.24 bits per heavy atom. The first-order valence-electron chi connectivity index (χ1n) is 5.89. The predicted octanol–water partition coefficient (Wildman–Crippen LogP) is 2.33. The van der Waals surface area contributed by atoms with Gasteiger partial charge in [0.05, 0.1) is 12.5 Å². The van der Waals surface area contributed by atoms with Gasteiger partial charge in [0.1, 0.15) is 0 Å². The number of benzene rings is 1. The SMILES string of the molecule is CCNC(C)c1nnc(Cc2ccccc2)o1. The minimum absolute atomic E-state index is 0.108. The van der Waals surface area contributed by atoms with Gasteiger partial charge in [-0.15, -0.1) is 10.2 Å². The van der Waals surface area contributed by atoms with Crippen LogP contribution < -0.4 is 5.32 Å². The quantitative estimate of drug-likeness (QED) is 0.858. The summed E-state index contributed by atoms with van der Waals surface area (Å²) in [4.78, 5) is 0. The Bertz CT molecular complexity index is 453. The normalized spacial score (nSPS) is 12.6. The van der Waals surface area contributed by atoms with E-state index in [1.165, 1.54) is 5.56 Å². The Kier molecular flexibility index (Phi) is 3.88. The summed E-state index contributed by atoms with van der Waals surface area (Å²) in [5, 5.41) is 11.4. The molecule has 2 rings (SSSR count). The maximum Gasteiger partial charge on any atom is 0.233 e. The molecule has 0 saturated heterocycles. The van der Waals surface area contributed by atoms with Crippen molar-refractivity contribution in [3.63, 3.8) is 0 Å². The molecule has 1 atom stereocenters. The zero-order chi connectivity index (χ0) is 12.1. The summed E-state index contributed by atoms with van der Waals surface area (Å²) in [7, 11) is 0. The number of nitrogens with one attached hydrogen (secondary N) is 1. The Morgan fingerprint density at radius 3 is 2.71 bits per heavy atom. The molecule has 4 nitrogen and oxygen atoms in total. The zero-order valence-corrected chi connectivity index (χ0v) is 10.2. The molecule has 1 heterocycles. The highest BCUT2D eigenvalue weighted by molar-refractivity contribution is 5.17. The molecule has 17 heavy (non-hydrogen) atoms. The summed E-state index contributed by atoms with van der Waals surface area (Å²) in [5.74, 6) is 1.31. The fourth-order valence-corrected chi connectivity index (χ4v) is 1.68. The van der Waals surface area contributed by atoms with Crippen LogP contribution in [0.4, 0.5) is 0 Å². The number of rotatable bonds is 5. The second-order valence-electron chi connectivity index (χ2n) is 3.98. The maximum atomic E-state index is 5.62. The van der Waals surface area contributed by atoms with E-state index >= 15 is 0 Å². The van der Waals surface area contributed by atoms with E-state index in [-0.39, 0.29) is 6.04 Å². The first-order valence-corrected chi connectivity index (χ1v) is 5.89. The summed E-state index contributed by atoms with van der Waals surface area (Å²) < 4.78 is 5.62. The van der Waals surface area contributed by atoms with Crippen molar-refractivity contribution in [1.82, 2.24) is 15.5 Å². The van der Waals surface area contributed by atoms with Crippen molar-refractivity contribution in [3.05, 3.63) is 47.7 Å². The van der Waals surface area contributed by atoms with Gasteiger partial charge in [0, 0.05) is 0 Å². The van der Waals surface area contributed by atoms with E-state index in [4.69, 9.17) is 4.42 Å². The zero-order valence-electron chi connectivity index (χ0n) is 10.2. The van der Waals surface area contributed by atoms with E-state index in [1.54, 1.807) is 0 Å². The van der Waals surface area contributed by atoms with E-state index in [0.29, 0.717) is 18.2 Å². The highest BCUT2D eigenvalue weighted by Gasteiger charge is 2.12. The van der Waals surface area contributed by atoms with Crippen LogP contribution in [0.3, 0.4) is 0 Å². The topological polar surface area (TPSA) is 51.0 Å². The molecule has 0 aliphatic carbocycles. The molecule has 90 valence electrons. The van der Waals surface area contributed by atoms with Crippen LogP contribution in [0.15, 0.2) is 34.7 Å². The molecule has 2 aromatic rings. The number of nitrogens with zero attached hydrogens (tertiary/aromatic N) is 2. The van der Waals surface area contributed by atoms with Gasteiger partial charge in [0.25, 0.3) is 0 Å². The van der Waals surface area contributed by atoms with Crippen LogP contribution in [0, 0.1) is 0 Å². The van der Waals surface area contributed by atoms with Gasteiger partial charge >= 0.3 is 0 Å². The third kappa shape index (κ3) is 3.14. The van der Waals surface area contributed by atoms with Gasteiger partial charge in [0.2, 0.25) is 11.8 Å². The lowest BCUT2D eigenvalue weighted by molar-refractivity contribution is 0.401. The minimum atomic E-state index is 0.108. The molecule has 0 aliphatic rings. The molecule has 1 aromatic heterocycles. The van der Waals surface area contributed by atoms with Crippen molar-refractivity contribution >= 4 is 0 Å². The first kappa shape index (κ1) is 11.8. The molecular weight excluding hydrogens is 214 g/mol. The molecule has 1 unspecified atom stereocenters. The van der Waals surface area contributed by atoms with Crippen molar-refractivity contribution in [2.75, 3.05) is 6.54 Å². The molecule has 0 amide bonds. The fourth-order valence-electron chi connectivity index (χ4n) is 1.68. The lowest BCUT2D eigenvalue weighted by Gasteiger charge is -2.05. The van der Waals surface area contributed by atoms with Crippen molar-refractivity contribution < 1.29 is 4.42 Å². The van der Waals surface area contributed by atoms with E-state index in [9.17, 15) is 0 Å². The Hall–Kier alpha value is -1.68. The van der Waals surface area contributed by atoms with E-state index < -0.39 is 0 Å². The van der Waals surface area contributed by atoms with Gasteiger partial charge in [-0.2, -0.15) is 0 Å². The molecule has 0 fully saturated rings. The maximum absolute atomic E-state index is 5.62. The number of aromatic nitrogens is 2. The Labute approximate surface area is 101 Å². The molecule has 0 radical (unpaired) electrons. The van der Waals surface area contributed by atoms with Crippen LogP contribution in [0.1, 0.15) is 37.2 Å². The summed E-state index contributed by atoms with van der Waals surface area (Å²) in [6.07, 6.45) is 0.687. The van der Waals surface area contributed by atoms with E-state index in [0.717, 1.165) is 6.54 Å². The molecule has 1 aromatic carbocycles. The van der Waals surface area contributed by atoms with Crippen LogP contribution in [0.5, 0.6) is 0 Å². The molecule has 0 aliphatic heterocycles. The smallest absolute Gasteiger partial charge is 0.233 e. The summed E-state index contributed by atoms with van der Waals surface area (Å²) in [6, 6.07) is 10.2. The number of hydrogen-bond acceptors (Lipinski definition) is 4. The Morgan fingerprint density at radius 2 is 2.00 bits per heavy atom. The molecule has 4 heteroatoms. The van der Waals surface area contributed by atoms with Crippen LogP contribution in [0.25, 0.3) is 0 Å². The third-order valence-electron chi connectivity index (χ3n) is 2.56. The highest BCUT2D eigenvalue weighted by Crippen LogP contribution is 2.13. The lowest BCUT2D eigenvalue weighted by Crippen LogP contribution is -2.17. The summed E-state index contributed by atoms with van der Waals surface area (Å²) in [6.45, 7) is 4.96. The van der Waals surface area contributed by atoms with Gasteiger partial charge < -0.3 is 9.73 Å². The summed E-state index contributed by atoms with van der Waals surface area (Å²) in [5.41, 5.74) is 1.18. The lowest BCUT2D eigenvalue weighted by atomic mass is 10.2. The molecular formula is C13H17N3O. The van der Waals surface area contributed by atoms with Crippen molar-refractivity contribution in [3.8, 4) is 0 Å². The van der Waals surface area contributed by atoms with Crippen molar-refractivity contribution in [2.24, 2.45) is 0 Å². The first-order chi connectivity index (χ1) is 8.29. The second-order valence-corrected chi connectivity index (χ2v) is 3.98. The molecule has 0 spiro atoms. The number of hydrogen-bond donors (Lipinski definition) is 1. The van der Waals surface area contributed by atoms with Gasteiger partial charge in [0.15, 0.2) is 0 Å². The van der Waals surface area contributed by atoms with Gasteiger partial charge in [-0.1, -0.05) is 37.3 Å². The average molecular weight is 231 g/mol. The summed E-state index contributed by atoms with van der Waals surface area (Å²) >= 11 is 0. The van der Waals surface area contributed by atoms with Crippen LogP contribution in [-0.2, 0) is 6.42 Å². The average Bonchev–Trinajstić information content (AvgIpc) is 2.79. The van der Waals surface area contributed by atoms with Crippen LogP contribution in [-0.4, -0.2) is 16.7 Å². The van der Waals surface area contributed by atoms with Crippen molar-refractivity contribution in [1.29, 1.82) is 0 Å². The van der Waals surface area contributed by atoms with E-state index in [1.807, 2.05) is 25.1 Å². The largest absolute Gasteiger partial charge is 0.423 e. The standard InChI is InChI=1S/C13H17N3O/c1-3-14-10(2)13-16-15-12(17-13)9-11-7-5-4-6-8-11/h4-8,10,14H,3,9H2,1-2H3. The Balaban J connectivity index is 2.04. The minimum Gasteiger partial charge on any atom is -0.423 e. The van der Waals surface area contributed by atoms with Gasteiger partial charge in [-0.3, -0.25) is 0 Å². The molecule has 1 N–H and O–H groups in total. The van der Waals surface area contributed by atoms with Crippen LogP contribution >= 0.6 is 0 Å².